The van der Waals surface area contributed by atoms with E-state index in [1.54, 1.807) is 10.6 Å². The second kappa shape index (κ2) is 10.7. The summed E-state index contributed by atoms with van der Waals surface area (Å²) in [4.78, 5) is 25.4. The Kier molecular flexibility index (Phi) is 7.41. The van der Waals surface area contributed by atoms with Crippen molar-refractivity contribution in [2.45, 2.75) is 20.0 Å². The van der Waals surface area contributed by atoms with Gasteiger partial charge in [0, 0.05) is 53.9 Å². The second-order valence-electron chi connectivity index (χ2n) is 9.06. The van der Waals surface area contributed by atoms with Gasteiger partial charge in [-0.15, -0.1) is 0 Å². The van der Waals surface area contributed by atoms with Crippen LogP contribution in [0.1, 0.15) is 16.8 Å². The van der Waals surface area contributed by atoms with Crippen molar-refractivity contribution < 1.29 is 4.74 Å². The molecule has 0 spiro atoms. The Labute approximate surface area is 215 Å². The first-order valence-corrected chi connectivity index (χ1v) is 12.6. The van der Waals surface area contributed by atoms with E-state index in [4.69, 9.17) is 32.9 Å². The number of hydrogen-bond donors (Lipinski definition) is 0. The molecule has 1 fully saturated rings. The molecule has 1 saturated heterocycles. The van der Waals surface area contributed by atoms with Gasteiger partial charge in [-0.1, -0.05) is 53.5 Å². The molecule has 9 heteroatoms. The molecule has 3 aromatic rings. The van der Waals surface area contributed by atoms with E-state index in [0.29, 0.717) is 35.8 Å². The van der Waals surface area contributed by atoms with Gasteiger partial charge in [-0.05, 0) is 30.7 Å². The third-order valence-corrected chi connectivity index (χ3v) is 7.03. The quantitative estimate of drug-likeness (QED) is 0.493. The van der Waals surface area contributed by atoms with Gasteiger partial charge in [0.2, 0.25) is 5.95 Å². The summed E-state index contributed by atoms with van der Waals surface area (Å²) < 4.78 is 7.26. The molecule has 184 valence electrons. The van der Waals surface area contributed by atoms with Crippen molar-refractivity contribution in [1.82, 2.24) is 19.4 Å². The summed E-state index contributed by atoms with van der Waals surface area (Å²) in [6, 6.07) is 15.5. The first kappa shape index (κ1) is 24.3. The molecule has 7 nitrogen and oxygen atoms in total. The van der Waals surface area contributed by atoms with Crippen LogP contribution in [0.5, 0.6) is 0 Å². The molecule has 5 rings (SSSR count). The number of morpholine rings is 1. The molecule has 0 unspecified atom stereocenters. The highest BCUT2D eigenvalue weighted by molar-refractivity contribution is 6.35. The Bertz CT molecular complexity index is 1220. The van der Waals surface area contributed by atoms with Crippen LogP contribution in [-0.2, 0) is 17.8 Å². The van der Waals surface area contributed by atoms with E-state index in [1.165, 1.54) is 0 Å². The lowest BCUT2D eigenvalue weighted by atomic mass is 10.1. The fourth-order valence-corrected chi connectivity index (χ4v) is 5.19. The predicted molar refractivity (Wildman–Crippen MR) is 140 cm³/mol. The number of nitrogens with zero attached hydrogens (tertiary/aromatic N) is 5. The van der Waals surface area contributed by atoms with Crippen LogP contribution in [0.3, 0.4) is 0 Å². The summed E-state index contributed by atoms with van der Waals surface area (Å²) in [6.07, 6.45) is 0.551. The van der Waals surface area contributed by atoms with Crippen molar-refractivity contribution in [1.29, 1.82) is 0 Å². The topological polar surface area (TPSA) is 53.8 Å². The van der Waals surface area contributed by atoms with Crippen LogP contribution in [0.4, 0.5) is 11.6 Å². The number of fused-ring (bicyclic) bond motifs is 1. The fraction of sp³-hybridized carbons (Fsp3) is 0.385. The van der Waals surface area contributed by atoms with Gasteiger partial charge >= 0.3 is 0 Å². The van der Waals surface area contributed by atoms with Crippen molar-refractivity contribution in [3.8, 4) is 0 Å². The zero-order valence-electron chi connectivity index (χ0n) is 19.8. The molecule has 2 aliphatic heterocycles. The van der Waals surface area contributed by atoms with Crippen molar-refractivity contribution in [2.24, 2.45) is 0 Å². The molecule has 0 aliphatic carbocycles. The minimum atomic E-state index is -0.00875. The standard InChI is InChI=1S/C26H29Cl2N5O2/c1-19-24(13-20-5-3-2-4-6-20)25(34)33-18-31(8-7-30-9-11-35-12-10-30)17-32(26(33)29-19)23-15-21(27)14-22(28)16-23/h2-6,14-16H,7-13,17-18H2,1H3. The zero-order valence-corrected chi connectivity index (χ0v) is 21.3. The number of benzene rings is 2. The summed E-state index contributed by atoms with van der Waals surface area (Å²) in [7, 11) is 0. The minimum Gasteiger partial charge on any atom is -0.379 e. The minimum absolute atomic E-state index is 0.00875. The number of aromatic nitrogens is 2. The molecule has 3 heterocycles. The van der Waals surface area contributed by atoms with Gasteiger partial charge < -0.3 is 4.74 Å². The van der Waals surface area contributed by atoms with Crippen molar-refractivity contribution in [3.05, 3.63) is 85.8 Å². The largest absolute Gasteiger partial charge is 0.379 e. The van der Waals surface area contributed by atoms with Crippen molar-refractivity contribution in [2.75, 3.05) is 51.0 Å². The molecule has 35 heavy (non-hydrogen) atoms. The van der Waals surface area contributed by atoms with Crippen LogP contribution < -0.4 is 10.5 Å². The summed E-state index contributed by atoms with van der Waals surface area (Å²) in [5.41, 5.74) is 3.36. The van der Waals surface area contributed by atoms with Crippen LogP contribution >= 0.6 is 23.2 Å². The summed E-state index contributed by atoms with van der Waals surface area (Å²) in [5.74, 6) is 0.616. The Morgan fingerprint density at radius 2 is 1.63 bits per heavy atom. The highest BCUT2D eigenvalue weighted by Crippen LogP contribution is 2.32. The van der Waals surface area contributed by atoms with Gasteiger partial charge in [-0.25, -0.2) is 4.98 Å². The number of anilines is 2. The maximum absolute atomic E-state index is 13.8. The van der Waals surface area contributed by atoms with Gasteiger partial charge in [-0.2, -0.15) is 0 Å². The van der Waals surface area contributed by atoms with E-state index < -0.39 is 0 Å². The molecule has 0 saturated carbocycles. The van der Waals surface area contributed by atoms with Gasteiger partial charge in [0.15, 0.2) is 0 Å². The normalized spacial score (nSPS) is 16.9. The molecule has 0 amide bonds. The molecule has 1 aromatic heterocycles. The smallest absolute Gasteiger partial charge is 0.259 e. The Balaban J connectivity index is 1.51. The van der Waals surface area contributed by atoms with E-state index in [9.17, 15) is 4.79 Å². The third kappa shape index (κ3) is 5.55. The van der Waals surface area contributed by atoms with Crippen LogP contribution in [0.2, 0.25) is 10.0 Å². The fourth-order valence-electron chi connectivity index (χ4n) is 4.67. The van der Waals surface area contributed by atoms with Crippen molar-refractivity contribution >= 4 is 34.8 Å². The van der Waals surface area contributed by atoms with Crippen LogP contribution in [0, 0.1) is 6.92 Å². The first-order valence-electron chi connectivity index (χ1n) is 11.9. The number of hydrogen-bond acceptors (Lipinski definition) is 6. The number of ether oxygens (including phenoxy) is 1. The van der Waals surface area contributed by atoms with Crippen LogP contribution in [0.25, 0.3) is 0 Å². The van der Waals surface area contributed by atoms with E-state index in [-0.39, 0.29) is 5.56 Å². The Morgan fingerprint density at radius 1 is 0.943 bits per heavy atom. The number of aryl methyl sites for hydroxylation is 1. The van der Waals surface area contributed by atoms with Gasteiger partial charge in [0.05, 0.1) is 32.2 Å². The van der Waals surface area contributed by atoms with Gasteiger partial charge in [0.1, 0.15) is 0 Å². The monoisotopic (exact) mass is 513 g/mol. The second-order valence-corrected chi connectivity index (χ2v) is 9.93. The van der Waals surface area contributed by atoms with E-state index in [0.717, 1.165) is 61.9 Å². The maximum atomic E-state index is 13.8. The number of rotatable bonds is 6. The highest BCUT2D eigenvalue weighted by Gasteiger charge is 2.28. The van der Waals surface area contributed by atoms with E-state index in [1.807, 2.05) is 54.3 Å². The molecule has 0 bridgehead atoms. The van der Waals surface area contributed by atoms with Crippen LogP contribution in [-0.4, -0.2) is 65.4 Å². The molecule has 0 N–H and O–H groups in total. The first-order chi connectivity index (χ1) is 17.0. The molecule has 2 aliphatic rings. The average Bonchev–Trinajstić information content (AvgIpc) is 2.86. The lowest BCUT2D eigenvalue weighted by molar-refractivity contribution is 0.0310. The number of halogens is 2. The van der Waals surface area contributed by atoms with Gasteiger partial charge in [0.25, 0.3) is 5.56 Å². The molecule has 2 aromatic carbocycles. The summed E-state index contributed by atoms with van der Waals surface area (Å²) >= 11 is 12.7. The van der Waals surface area contributed by atoms with E-state index >= 15 is 0 Å². The molecular weight excluding hydrogens is 485 g/mol. The van der Waals surface area contributed by atoms with Gasteiger partial charge in [-0.3, -0.25) is 24.1 Å². The van der Waals surface area contributed by atoms with Crippen molar-refractivity contribution in [3.63, 3.8) is 0 Å². The lowest BCUT2D eigenvalue weighted by Gasteiger charge is -2.39. The zero-order chi connectivity index (χ0) is 24.4. The molecule has 0 atom stereocenters. The summed E-state index contributed by atoms with van der Waals surface area (Å²) in [5, 5.41) is 1.09. The predicted octanol–water partition coefficient (Wildman–Crippen LogP) is 4.15. The Hall–Kier alpha value is -2.42. The average molecular weight is 514 g/mol. The van der Waals surface area contributed by atoms with E-state index in [2.05, 4.69) is 9.80 Å². The molecular formula is C26H29Cl2N5O2. The Morgan fingerprint density at radius 3 is 2.34 bits per heavy atom. The highest BCUT2D eigenvalue weighted by atomic mass is 35.5. The summed E-state index contributed by atoms with van der Waals surface area (Å²) in [6.45, 7) is 8.10. The molecule has 0 radical (unpaired) electrons. The third-order valence-electron chi connectivity index (χ3n) is 6.59. The SMILES string of the molecule is Cc1nc2n(c(=O)c1Cc1ccccc1)CN(CCN1CCOCC1)CN2c1cc(Cl)cc(Cl)c1. The van der Waals surface area contributed by atoms with Crippen LogP contribution in [0.15, 0.2) is 53.3 Å². The lowest BCUT2D eigenvalue weighted by Crippen LogP contribution is -2.50. The maximum Gasteiger partial charge on any atom is 0.259 e.